The molecule has 0 saturated heterocycles. The summed E-state index contributed by atoms with van der Waals surface area (Å²) in [4.78, 5) is 42.3. The van der Waals surface area contributed by atoms with Gasteiger partial charge in [0.25, 0.3) is 0 Å². The van der Waals surface area contributed by atoms with E-state index in [1.165, 1.54) is 11.7 Å². The molecule has 0 spiro atoms. The third kappa shape index (κ3) is 5.65. The molecule has 194 valence electrons. The monoisotopic (exact) mass is 568 g/mol. The number of amides is 1. The molecule has 4 rings (SSSR count). The zero-order valence-corrected chi connectivity index (χ0v) is 23.5. The Bertz CT molecular complexity index is 1350. The van der Waals surface area contributed by atoms with E-state index in [0.29, 0.717) is 24.0 Å². The van der Waals surface area contributed by atoms with Crippen molar-refractivity contribution in [3.05, 3.63) is 77.5 Å². The van der Waals surface area contributed by atoms with Crippen LogP contribution in [0.2, 0.25) is 0 Å². The van der Waals surface area contributed by atoms with Crippen molar-refractivity contribution in [3.8, 4) is 0 Å². The normalized spacial score (nSPS) is 15.9. The molecule has 1 aliphatic heterocycles. The fourth-order valence-corrected chi connectivity index (χ4v) is 6.27. The molecule has 2 heterocycles. The van der Waals surface area contributed by atoms with Crippen molar-refractivity contribution in [2.45, 2.75) is 52.2 Å². The molecule has 0 N–H and O–H groups in total. The number of aromatic nitrogens is 1. The quantitative estimate of drug-likeness (QED) is 0.303. The molecule has 1 amide bonds. The van der Waals surface area contributed by atoms with Crippen molar-refractivity contribution in [1.29, 1.82) is 0 Å². The van der Waals surface area contributed by atoms with Crippen LogP contribution in [0, 0.1) is 0 Å². The Morgan fingerprint density at radius 3 is 2.32 bits per heavy atom. The van der Waals surface area contributed by atoms with Crippen molar-refractivity contribution < 1.29 is 23.9 Å². The van der Waals surface area contributed by atoms with E-state index in [9.17, 15) is 14.4 Å². The summed E-state index contributed by atoms with van der Waals surface area (Å²) in [5, 5.41) is 0.743. The van der Waals surface area contributed by atoms with Crippen LogP contribution in [0.25, 0.3) is 10.9 Å². The SMILES string of the molecule is CCC1=CCC(c2c(C(=O)[Se]c3ccccc3)n(C(=O)OC(C)(C)C)c3ccccc23)N(C(=O)OC)C1. The van der Waals surface area contributed by atoms with E-state index in [2.05, 4.69) is 6.08 Å². The summed E-state index contributed by atoms with van der Waals surface area (Å²) in [7, 11) is 1.36. The van der Waals surface area contributed by atoms with Gasteiger partial charge in [-0.1, -0.05) is 0 Å². The first kappa shape index (κ1) is 26.7. The number of nitrogens with zero attached hydrogens (tertiary/aromatic N) is 2. The van der Waals surface area contributed by atoms with Gasteiger partial charge in [-0.2, -0.15) is 0 Å². The van der Waals surface area contributed by atoms with Gasteiger partial charge < -0.3 is 0 Å². The fraction of sp³-hybridized carbons (Fsp3) is 0.345. The van der Waals surface area contributed by atoms with E-state index in [-0.39, 0.29) is 10.4 Å². The van der Waals surface area contributed by atoms with Crippen molar-refractivity contribution in [2.75, 3.05) is 13.7 Å². The van der Waals surface area contributed by atoms with E-state index in [1.54, 1.807) is 25.7 Å². The van der Waals surface area contributed by atoms with Crippen LogP contribution in [0.15, 0.2) is 66.2 Å². The first-order valence-corrected chi connectivity index (χ1v) is 14.0. The number of hydrogen-bond acceptors (Lipinski definition) is 5. The maximum atomic E-state index is 14.1. The second-order valence-corrected chi connectivity index (χ2v) is 12.1. The Balaban J connectivity index is 1.97. The molecule has 2 aromatic carbocycles. The van der Waals surface area contributed by atoms with Gasteiger partial charge in [0, 0.05) is 0 Å². The third-order valence-corrected chi connectivity index (χ3v) is 8.07. The van der Waals surface area contributed by atoms with Gasteiger partial charge in [-0.3, -0.25) is 0 Å². The predicted octanol–water partition coefficient (Wildman–Crippen LogP) is 5.44. The van der Waals surface area contributed by atoms with Crippen LogP contribution < -0.4 is 4.46 Å². The molecule has 7 nitrogen and oxygen atoms in total. The fourth-order valence-electron chi connectivity index (χ4n) is 4.58. The molecule has 0 saturated carbocycles. The topological polar surface area (TPSA) is 77.8 Å². The number of ether oxygens (including phenoxy) is 2. The van der Waals surface area contributed by atoms with Crippen LogP contribution in [0.4, 0.5) is 9.59 Å². The van der Waals surface area contributed by atoms with Crippen LogP contribution >= 0.6 is 0 Å². The van der Waals surface area contributed by atoms with Crippen molar-refractivity contribution in [2.24, 2.45) is 0 Å². The van der Waals surface area contributed by atoms with Gasteiger partial charge in [0.15, 0.2) is 0 Å². The van der Waals surface area contributed by atoms with Crippen LogP contribution in [0.1, 0.15) is 62.6 Å². The van der Waals surface area contributed by atoms with Gasteiger partial charge in [-0.25, -0.2) is 0 Å². The number of rotatable bonds is 5. The number of methoxy groups -OCH3 is 1. The Morgan fingerprint density at radius 1 is 1.00 bits per heavy atom. The minimum atomic E-state index is -0.755. The van der Waals surface area contributed by atoms with Crippen molar-refractivity contribution >= 4 is 47.2 Å². The average Bonchev–Trinajstić information content (AvgIpc) is 3.23. The Hall–Kier alpha value is -3.35. The number of carbonyl (C=O) groups excluding carboxylic acids is 3. The van der Waals surface area contributed by atoms with Crippen LogP contribution in [-0.2, 0) is 9.47 Å². The number of fused-ring (bicyclic) bond motifs is 1. The summed E-state index contributed by atoms with van der Waals surface area (Å²) in [6.45, 7) is 7.84. The van der Waals surface area contributed by atoms with E-state index >= 15 is 0 Å². The van der Waals surface area contributed by atoms with E-state index in [4.69, 9.17) is 9.47 Å². The third-order valence-electron chi connectivity index (χ3n) is 6.21. The Morgan fingerprint density at radius 2 is 1.68 bits per heavy atom. The molecule has 1 aliphatic rings. The zero-order chi connectivity index (χ0) is 26.7. The molecular weight excluding hydrogens is 535 g/mol. The van der Waals surface area contributed by atoms with Gasteiger partial charge >= 0.3 is 224 Å². The van der Waals surface area contributed by atoms with Gasteiger partial charge in [0.1, 0.15) is 0 Å². The molecule has 0 radical (unpaired) electrons. The second kappa shape index (κ2) is 11.0. The minimum absolute atomic E-state index is 0.161. The summed E-state index contributed by atoms with van der Waals surface area (Å²) < 4.78 is 13.0. The first-order valence-electron chi connectivity index (χ1n) is 12.3. The van der Waals surface area contributed by atoms with Gasteiger partial charge in [0.2, 0.25) is 0 Å². The van der Waals surface area contributed by atoms with Gasteiger partial charge in [0.05, 0.1) is 0 Å². The number of benzene rings is 2. The molecule has 3 aromatic rings. The molecule has 37 heavy (non-hydrogen) atoms. The summed E-state index contributed by atoms with van der Waals surface area (Å²) in [5.41, 5.74) is 1.87. The number of carbonyl (C=O) groups is 3. The number of para-hydroxylation sites is 1. The molecule has 1 unspecified atom stereocenters. The zero-order valence-electron chi connectivity index (χ0n) is 21.8. The average molecular weight is 568 g/mol. The van der Waals surface area contributed by atoms with Crippen LogP contribution in [-0.4, -0.2) is 60.5 Å². The van der Waals surface area contributed by atoms with Crippen LogP contribution in [0.3, 0.4) is 0 Å². The molecule has 8 heteroatoms. The standard InChI is InChI=1S/C29H32N2O5Se/c1-6-19-16-17-23(30(18-19)27(33)35-5)24-21-14-10-11-15-22(21)31(28(34)36-29(2,3)4)25(24)26(32)37-20-12-8-7-9-13-20/h7-16,23H,6,17-18H2,1-5H3. The summed E-state index contributed by atoms with van der Waals surface area (Å²) >= 11 is -0.598. The Kier molecular flexibility index (Phi) is 7.90. The van der Waals surface area contributed by atoms with Crippen molar-refractivity contribution in [3.63, 3.8) is 0 Å². The van der Waals surface area contributed by atoms with Gasteiger partial charge in [-0.05, 0) is 0 Å². The first-order chi connectivity index (χ1) is 17.6. The second-order valence-electron chi connectivity index (χ2n) is 9.86. The van der Waals surface area contributed by atoms with E-state index in [1.807, 2.05) is 61.5 Å². The van der Waals surface area contributed by atoms with Gasteiger partial charge in [-0.15, -0.1) is 0 Å². The van der Waals surface area contributed by atoms with E-state index in [0.717, 1.165) is 21.8 Å². The maximum absolute atomic E-state index is 14.1. The van der Waals surface area contributed by atoms with Crippen molar-refractivity contribution in [1.82, 2.24) is 9.47 Å². The Labute approximate surface area is 223 Å². The molecule has 0 aliphatic carbocycles. The molecule has 0 fully saturated rings. The summed E-state index contributed by atoms with van der Waals surface area (Å²) in [6, 6.07) is 16.5. The summed E-state index contributed by atoms with van der Waals surface area (Å²) in [5.74, 6) is 0. The van der Waals surface area contributed by atoms with Crippen LogP contribution in [0.5, 0.6) is 0 Å². The summed E-state index contributed by atoms with van der Waals surface area (Å²) in [6.07, 6.45) is 2.36. The molecular formula is C29H32N2O5Se. The van der Waals surface area contributed by atoms with E-state index < -0.39 is 38.8 Å². The molecule has 1 aromatic heterocycles. The number of hydrogen-bond donors (Lipinski definition) is 0. The molecule has 1 atom stereocenters. The predicted molar refractivity (Wildman–Crippen MR) is 145 cm³/mol. The molecule has 0 bridgehead atoms.